The first-order valence-electron chi connectivity index (χ1n) is 17.1. The van der Waals surface area contributed by atoms with Gasteiger partial charge in [0.05, 0.1) is 11.4 Å². The molecule has 0 atom stereocenters. The number of halogens is 1. The smallest absolute Gasteiger partial charge is 0.137 e. The predicted octanol–water partition coefficient (Wildman–Crippen LogP) is 13.1. The number of para-hydroxylation sites is 2. The Hall–Kier alpha value is -6.78. The number of anilines is 6. The van der Waals surface area contributed by atoms with Crippen LogP contribution in [0.1, 0.15) is 0 Å². The van der Waals surface area contributed by atoms with Gasteiger partial charge in [-0.3, -0.25) is 4.90 Å². The van der Waals surface area contributed by atoms with Crippen molar-refractivity contribution in [3.05, 3.63) is 200 Å². The number of pyridine rings is 1. The van der Waals surface area contributed by atoms with Crippen LogP contribution in [0.25, 0.3) is 44.5 Å². The van der Waals surface area contributed by atoms with Gasteiger partial charge in [0.1, 0.15) is 11.6 Å². The van der Waals surface area contributed by atoms with Gasteiger partial charge in [0.25, 0.3) is 0 Å². The van der Waals surface area contributed by atoms with Crippen LogP contribution >= 0.6 is 0 Å². The number of nitrogens with zero attached hydrogens (tertiary/aromatic N) is 3. The maximum atomic E-state index is 14.0. The molecule has 0 radical (unpaired) electrons. The molecule has 8 aromatic rings. The molecule has 0 bridgehead atoms. The average molecular weight is 658 g/mol. The number of hydrogen-bond acceptors (Lipinski definition) is 3. The van der Waals surface area contributed by atoms with Crippen molar-refractivity contribution in [2.24, 2.45) is 0 Å². The van der Waals surface area contributed by atoms with Crippen molar-refractivity contribution in [2.45, 2.75) is 0 Å². The molecule has 7 aromatic carbocycles. The summed E-state index contributed by atoms with van der Waals surface area (Å²) in [7, 11) is 0. The van der Waals surface area contributed by atoms with Crippen LogP contribution in [0, 0.1) is 5.82 Å². The number of aromatic nitrogens is 1. The average Bonchev–Trinajstić information content (AvgIpc) is 3.32. The molecule has 0 unspecified atom stereocenters. The third-order valence-corrected chi connectivity index (χ3v) is 9.53. The Bertz CT molecular complexity index is 2460. The Morgan fingerprint density at radius 2 is 0.941 bits per heavy atom. The highest BCUT2D eigenvalue weighted by Gasteiger charge is 2.26. The van der Waals surface area contributed by atoms with E-state index in [2.05, 4.69) is 149 Å². The Morgan fingerprint density at radius 3 is 1.63 bits per heavy atom. The molecular formula is C47H32FN3. The van der Waals surface area contributed by atoms with Crippen LogP contribution in [-0.2, 0) is 0 Å². The minimum Gasteiger partial charge on any atom is -0.309 e. The van der Waals surface area contributed by atoms with Crippen molar-refractivity contribution in [3.8, 4) is 44.5 Å². The summed E-state index contributed by atoms with van der Waals surface area (Å²) in [5, 5.41) is 0. The molecule has 1 aromatic heterocycles. The van der Waals surface area contributed by atoms with Crippen LogP contribution < -0.4 is 9.80 Å². The molecule has 242 valence electrons. The summed E-state index contributed by atoms with van der Waals surface area (Å²) in [5.74, 6) is 0.462. The minimum absolute atomic E-state index is 0.278. The van der Waals surface area contributed by atoms with E-state index in [1.165, 1.54) is 28.8 Å². The normalized spacial score (nSPS) is 11.6. The molecule has 0 saturated carbocycles. The fraction of sp³-hybridized carbons (Fsp3) is 0. The van der Waals surface area contributed by atoms with E-state index in [0.29, 0.717) is 0 Å². The lowest BCUT2D eigenvalue weighted by atomic mass is 9.93. The summed E-state index contributed by atoms with van der Waals surface area (Å²) in [4.78, 5) is 9.42. The van der Waals surface area contributed by atoms with Gasteiger partial charge in [-0.25, -0.2) is 9.37 Å². The van der Waals surface area contributed by atoms with Gasteiger partial charge in [0, 0.05) is 39.9 Å². The molecule has 51 heavy (non-hydrogen) atoms. The van der Waals surface area contributed by atoms with Crippen LogP contribution in [0.5, 0.6) is 0 Å². The highest BCUT2D eigenvalue weighted by atomic mass is 19.1. The maximum absolute atomic E-state index is 14.0. The summed E-state index contributed by atoms with van der Waals surface area (Å²) in [6.45, 7) is 0. The highest BCUT2D eigenvalue weighted by Crippen LogP contribution is 2.51. The van der Waals surface area contributed by atoms with Crippen molar-refractivity contribution in [1.29, 1.82) is 0 Å². The lowest BCUT2D eigenvalue weighted by molar-refractivity contribution is 0.628. The number of rotatable bonds is 6. The van der Waals surface area contributed by atoms with E-state index in [1.807, 2.05) is 30.5 Å². The summed E-state index contributed by atoms with van der Waals surface area (Å²) >= 11 is 0. The van der Waals surface area contributed by atoms with E-state index in [-0.39, 0.29) is 5.82 Å². The Labute approximate surface area is 297 Å². The third kappa shape index (κ3) is 5.63. The monoisotopic (exact) mass is 657 g/mol. The molecule has 0 spiro atoms. The predicted molar refractivity (Wildman–Crippen MR) is 209 cm³/mol. The third-order valence-electron chi connectivity index (χ3n) is 9.53. The zero-order valence-electron chi connectivity index (χ0n) is 27.7. The van der Waals surface area contributed by atoms with E-state index >= 15 is 0 Å². The number of fused-ring (bicyclic) bond motifs is 5. The van der Waals surface area contributed by atoms with Crippen molar-refractivity contribution >= 4 is 34.3 Å². The molecule has 0 aliphatic carbocycles. The summed E-state index contributed by atoms with van der Waals surface area (Å²) in [6.07, 6.45) is 1.93. The van der Waals surface area contributed by atoms with Crippen LogP contribution in [0.2, 0.25) is 0 Å². The molecule has 0 fully saturated rings. The topological polar surface area (TPSA) is 19.4 Å². The van der Waals surface area contributed by atoms with Gasteiger partial charge in [-0.05, 0) is 107 Å². The SMILES string of the molecule is Fc1ccc(N(c2ccc(-c3ccccc3)cc2)c2ccc(-c3ccc4c(c3)-c3ccccc3-c3ccccc3N4c3ccccc3)cn2)cc1. The van der Waals surface area contributed by atoms with Gasteiger partial charge in [0.2, 0.25) is 0 Å². The van der Waals surface area contributed by atoms with E-state index in [1.54, 1.807) is 12.1 Å². The fourth-order valence-electron chi connectivity index (χ4n) is 7.09. The lowest BCUT2D eigenvalue weighted by Gasteiger charge is -2.27. The molecule has 1 aliphatic heterocycles. The maximum Gasteiger partial charge on any atom is 0.137 e. The van der Waals surface area contributed by atoms with E-state index in [4.69, 9.17) is 4.98 Å². The number of hydrogen-bond donors (Lipinski definition) is 0. The quantitative estimate of drug-likeness (QED) is 0.177. The highest BCUT2D eigenvalue weighted by molar-refractivity contribution is 6.03. The Balaban J connectivity index is 1.13. The molecule has 0 saturated heterocycles. The second-order valence-electron chi connectivity index (χ2n) is 12.6. The van der Waals surface area contributed by atoms with Crippen molar-refractivity contribution in [1.82, 2.24) is 4.98 Å². The fourth-order valence-corrected chi connectivity index (χ4v) is 7.09. The van der Waals surface area contributed by atoms with Gasteiger partial charge in [-0.1, -0.05) is 109 Å². The molecule has 1 aliphatic rings. The molecule has 3 nitrogen and oxygen atoms in total. The second-order valence-corrected chi connectivity index (χ2v) is 12.6. The minimum atomic E-state index is -0.278. The molecule has 4 heteroatoms. The summed E-state index contributed by atoms with van der Waals surface area (Å²) < 4.78 is 14.0. The summed E-state index contributed by atoms with van der Waals surface area (Å²) in [5.41, 5.74) is 14.2. The van der Waals surface area contributed by atoms with E-state index in [0.717, 1.165) is 62.1 Å². The zero-order chi connectivity index (χ0) is 34.1. The number of benzene rings is 7. The van der Waals surface area contributed by atoms with Crippen molar-refractivity contribution in [2.75, 3.05) is 9.80 Å². The Morgan fingerprint density at radius 1 is 0.412 bits per heavy atom. The first kappa shape index (κ1) is 30.3. The molecule has 0 N–H and O–H groups in total. The first-order valence-corrected chi connectivity index (χ1v) is 17.1. The van der Waals surface area contributed by atoms with Crippen molar-refractivity contribution in [3.63, 3.8) is 0 Å². The molecule has 9 rings (SSSR count). The van der Waals surface area contributed by atoms with E-state index < -0.39 is 0 Å². The molecule has 0 amide bonds. The van der Waals surface area contributed by atoms with Crippen LogP contribution in [-0.4, -0.2) is 4.98 Å². The second kappa shape index (κ2) is 12.9. The van der Waals surface area contributed by atoms with E-state index in [9.17, 15) is 4.39 Å². The molecule has 2 heterocycles. The van der Waals surface area contributed by atoms with Gasteiger partial charge >= 0.3 is 0 Å². The summed E-state index contributed by atoms with van der Waals surface area (Å²) in [6, 6.07) is 63.9. The van der Waals surface area contributed by atoms with Crippen LogP contribution in [0.3, 0.4) is 0 Å². The van der Waals surface area contributed by atoms with Crippen LogP contribution in [0.4, 0.5) is 38.6 Å². The first-order chi connectivity index (χ1) is 25.2. The van der Waals surface area contributed by atoms with Gasteiger partial charge in [-0.2, -0.15) is 0 Å². The van der Waals surface area contributed by atoms with Gasteiger partial charge in [0.15, 0.2) is 0 Å². The van der Waals surface area contributed by atoms with Gasteiger partial charge < -0.3 is 4.90 Å². The largest absolute Gasteiger partial charge is 0.309 e. The standard InChI is InChI=1S/C47H32FN3/c48-37-23-27-40(28-24-37)50(39-25-19-34(20-26-39)33-11-3-1-4-12-33)47-30-22-36(32-49-47)35-21-29-46-44(31-35)42-16-8-7-15-41(42)43-17-9-10-18-45(43)51(46)38-13-5-2-6-14-38/h1-32H. The van der Waals surface area contributed by atoms with Crippen LogP contribution in [0.15, 0.2) is 194 Å². The lowest BCUT2D eigenvalue weighted by Crippen LogP contribution is -2.11. The Kier molecular flexibility index (Phi) is 7.67. The molecular weight excluding hydrogens is 626 g/mol. The zero-order valence-corrected chi connectivity index (χ0v) is 27.7. The van der Waals surface area contributed by atoms with Gasteiger partial charge in [-0.15, -0.1) is 0 Å². The van der Waals surface area contributed by atoms with Crippen molar-refractivity contribution < 1.29 is 4.39 Å².